The van der Waals surface area contributed by atoms with E-state index >= 15 is 0 Å². The molecule has 4 nitrogen and oxygen atoms in total. The Bertz CT molecular complexity index is 530. The molecule has 1 aromatic heterocycles. The standard InChI is InChI=1S/C17H25ClN2O2S/c1-12(13-4-6-19-7-5-13)10-17(21)20-8-9-22-14(11-20)15-2-3-16(18)23-15/h2-3,12-14,19H,4-11H2,1H3. The maximum Gasteiger partial charge on any atom is 0.223 e. The minimum absolute atomic E-state index is 0.0283. The molecule has 3 heterocycles. The van der Waals surface area contributed by atoms with Crippen LogP contribution in [0.5, 0.6) is 0 Å². The number of carbonyl (C=O) groups is 1. The molecule has 2 aliphatic heterocycles. The van der Waals surface area contributed by atoms with Gasteiger partial charge in [0.25, 0.3) is 0 Å². The van der Waals surface area contributed by atoms with E-state index in [-0.39, 0.29) is 12.0 Å². The van der Waals surface area contributed by atoms with Crippen molar-refractivity contribution in [1.29, 1.82) is 0 Å². The molecule has 23 heavy (non-hydrogen) atoms. The third kappa shape index (κ3) is 4.47. The van der Waals surface area contributed by atoms with Crippen molar-refractivity contribution >= 4 is 28.8 Å². The number of morpholine rings is 1. The van der Waals surface area contributed by atoms with Crippen LogP contribution < -0.4 is 5.32 Å². The van der Waals surface area contributed by atoms with E-state index in [1.54, 1.807) is 11.3 Å². The quantitative estimate of drug-likeness (QED) is 0.899. The minimum Gasteiger partial charge on any atom is -0.369 e. The van der Waals surface area contributed by atoms with Gasteiger partial charge in [0.2, 0.25) is 5.91 Å². The van der Waals surface area contributed by atoms with Crippen LogP contribution in [-0.2, 0) is 9.53 Å². The molecule has 1 amide bonds. The summed E-state index contributed by atoms with van der Waals surface area (Å²) in [5.41, 5.74) is 0. The summed E-state index contributed by atoms with van der Waals surface area (Å²) in [5, 5.41) is 3.39. The number of carbonyl (C=O) groups excluding carboxylic acids is 1. The van der Waals surface area contributed by atoms with Crippen molar-refractivity contribution in [3.63, 3.8) is 0 Å². The highest BCUT2D eigenvalue weighted by Crippen LogP contribution is 2.32. The van der Waals surface area contributed by atoms with Crippen LogP contribution in [0.4, 0.5) is 0 Å². The predicted molar refractivity (Wildman–Crippen MR) is 94.0 cm³/mol. The number of rotatable bonds is 4. The first-order valence-electron chi connectivity index (χ1n) is 8.49. The van der Waals surface area contributed by atoms with E-state index in [0.717, 1.165) is 22.3 Å². The highest BCUT2D eigenvalue weighted by molar-refractivity contribution is 7.16. The van der Waals surface area contributed by atoms with E-state index in [0.29, 0.717) is 38.0 Å². The zero-order chi connectivity index (χ0) is 16.2. The Morgan fingerprint density at radius 2 is 2.26 bits per heavy atom. The molecule has 1 aromatic rings. The summed E-state index contributed by atoms with van der Waals surface area (Å²) in [7, 11) is 0. The van der Waals surface area contributed by atoms with Gasteiger partial charge in [0.1, 0.15) is 6.10 Å². The van der Waals surface area contributed by atoms with Gasteiger partial charge in [0.05, 0.1) is 17.5 Å². The number of nitrogens with one attached hydrogen (secondary N) is 1. The zero-order valence-corrected chi connectivity index (χ0v) is 15.2. The maximum atomic E-state index is 12.7. The lowest BCUT2D eigenvalue weighted by Gasteiger charge is -2.34. The number of hydrogen-bond acceptors (Lipinski definition) is 4. The Hall–Kier alpha value is -0.620. The largest absolute Gasteiger partial charge is 0.369 e. The number of thiophene rings is 1. The molecule has 0 radical (unpaired) electrons. The van der Waals surface area contributed by atoms with E-state index in [2.05, 4.69) is 12.2 Å². The van der Waals surface area contributed by atoms with Gasteiger partial charge in [-0.25, -0.2) is 0 Å². The molecule has 6 heteroatoms. The van der Waals surface area contributed by atoms with Gasteiger partial charge in [-0.3, -0.25) is 4.79 Å². The van der Waals surface area contributed by atoms with E-state index in [4.69, 9.17) is 16.3 Å². The van der Waals surface area contributed by atoms with Crippen LogP contribution in [0.1, 0.15) is 37.2 Å². The van der Waals surface area contributed by atoms with Gasteiger partial charge >= 0.3 is 0 Å². The van der Waals surface area contributed by atoms with Crippen molar-refractivity contribution in [3.05, 3.63) is 21.3 Å². The monoisotopic (exact) mass is 356 g/mol. The number of nitrogens with zero attached hydrogens (tertiary/aromatic N) is 1. The van der Waals surface area contributed by atoms with E-state index in [9.17, 15) is 4.79 Å². The number of halogens is 1. The molecule has 0 spiro atoms. The fourth-order valence-electron chi connectivity index (χ4n) is 3.53. The van der Waals surface area contributed by atoms with Crippen LogP contribution in [0.2, 0.25) is 4.34 Å². The Kier molecular flexibility index (Phi) is 5.96. The fraction of sp³-hybridized carbons (Fsp3) is 0.706. The lowest BCUT2D eigenvalue weighted by Crippen LogP contribution is -2.43. The Morgan fingerprint density at radius 3 is 2.96 bits per heavy atom. The second-order valence-corrected chi connectivity index (χ2v) is 8.36. The first-order valence-corrected chi connectivity index (χ1v) is 9.68. The van der Waals surface area contributed by atoms with Gasteiger partial charge in [-0.2, -0.15) is 0 Å². The molecule has 2 fully saturated rings. The smallest absolute Gasteiger partial charge is 0.223 e. The second kappa shape index (κ2) is 7.97. The van der Waals surface area contributed by atoms with E-state index in [1.807, 2.05) is 17.0 Å². The van der Waals surface area contributed by atoms with Gasteiger partial charge in [-0.05, 0) is 49.9 Å². The van der Waals surface area contributed by atoms with Crippen LogP contribution in [0.15, 0.2) is 12.1 Å². The number of hydrogen-bond donors (Lipinski definition) is 1. The van der Waals surface area contributed by atoms with Gasteiger partial charge in [-0.1, -0.05) is 18.5 Å². The SMILES string of the molecule is CC(CC(=O)N1CCOC(c2ccc(Cl)s2)C1)C1CCNCC1. The third-order valence-corrected chi connectivity index (χ3v) is 6.34. The summed E-state index contributed by atoms with van der Waals surface area (Å²) >= 11 is 7.55. The van der Waals surface area contributed by atoms with Gasteiger partial charge in [0.15, 0.2) is 0 Å². The van der Waals surface area contributed by atoms with Gasteiger partial charge < -0.3 is 15.0 Å². The Balaban J connectivity index is 1.54. The van der Waals surface area contributed by atoms with Crippen LogP contribution in [-0.4, -0.2) is 43.6 Å². The molecule has 128 valence electrons. The maximum absolute atomic E-state index is 12.7. The molecule has 0 bridgehead atoms. The molecule has 1 N–H and O–H groups in total. The lowest BCUT2D eigenvalue weighted by atomic mass is 9.84. The predicted octanol–water partition coefficient (Wildman–Crippen LogP) is 3.33. The van der Waals surface area contributed by atoms with Crippen LogP contribution in [0, 0.1) is 11.8 Å². The summed E-state index contributed by atoms with van der Waals surface area (Å²) < 4.78 is 6.60. The van der Waals surface area contributed by atoms with Gasteiger partial charge in [-0.15, -0.1) is 11.3 Å². The zero-order valence-electron chi connectivity index (χ0n) is 13.6. The normalized spacial score (nSPS) is 24.6. The van der Waals surface area contributed by atoms with Crippen LogP contribution >= 0.6 is 22.9 Å². The summed E-state index contributed by atoms with van der Waals surface area (Å²) in [6.45, 7) is 6.35. The summed E-state index contributed by atoms with van der Waals surface area (Å²) in [5.74, 6) is 1.40. The van der Waals surface area contributed by atoms with E-state index in [1.165, 1.54) is 12.8 Å². The molecule has 2 saturated heterocycles. The van der Waals surface area contributed by atoms with Crippen molar-refractivity contribution in [1.82, 2.24) is 10.2 Å². The molecule has 0 saturated carbocycles. The van der Waals surface area contributed by atoms with Crippen molar-refractivity contribution in [3.8, 4) is 0 Å². The molecule has 0 aliphatic carbocycles. The highest BCUT2D eigenvalue weighted by atomic mass is 35.5. The molecule has 2 aliphatic rings. The summed E-state index contributed by atoms with van der Waals surface area (Å²) in [6, 6.07) is 3.90. The van der Waals surface area contributed by atoms with Crippen molar-refractivity contribution in [2.75, 3.05) is 32.8 Å². The summed E-state index contributed by atoms with van der Waals surface area (Å²) in [6.07, 6.45) is 3.00. The first-order chi connectivity index (χ1) is 11.1. The summed E-state index contributed by atoms with van der Waals surface area (Å²) in [4.78, 5) is 15.7. The van der Waals surface area contributed by atoms with Crippen molar-refractivity contribution in [2.45, 2.75) is 32.3 Å². The van der Waals surface area contributed by atoms with Crippen LogP contribution in [0.25, 0.3) is 0 Å². The molecular weight excluding hydrogens is 332 g/mol. The minimum atomic E-state index is -0.0283. The topological polar surface area (TPSA) is 41.6 Å². The number of piperidine rings is 1. The van der Waals surface area contributed by atoms with Crippen molar-refractivity contribution < 1.29 is 9.53 Å². The van der Waals surface area contributed by atoms with Gasteiger partial charge in [0, 0.05) is 17.8 Å². The Morgan fingerprint density at radius 1 is 1.48 bits per heavy atom. The molecular formula is C17H25ClN2O2S. The number of ether oxygens (including phenoxy) is 1. The molecule has 3 rings (SSSR count). The Labute approximate surface area is 147 Å². The number of amides is 1. The third-order valence-electron chi connectivity index (χ3n) is 5.02. The average Bonchev–Trinajstić information content (AvgIpc) is 3.02. The average molecular weight is 357 g/mol. The molecule has 2 atom stereocenters. The van der Waals surface area contributed by atoms with E-state index < -0.39 is 0 Å². The molecule has 0 aromatic carbocycles. The lowest BCUT2D eigenvalue weighted by molar-refractivity contribution is -0.140. The fourth-order valence-corrected chi connectivity index (χ4v) is 4.64. The molecule has 2 unspecified atom stereocenters. The first kappa shape index (κ1) is 17.2. The van der Waals surface area contributed by atoms with Crippen LogP contribution in [0.3, 0.4) is 0 Å². The highest BCUT2D eigenvalue weighted by Gasteiger charge is 2.29. The second-order valence-electron chi connectivity index (χ2n) is 6.61. The van der Waals surface area contributed by atoms with Crippen molar-refractivity contribution in [2.24, 2.45) is 11.8 Å².